The first-order valence-electron chi connectivity index (χ1n) is 8.83. The van der Waals surface area contributed by atoms with Crippen molar-refractivity contribution in [1.29, 1.82) is 0 Å². The molecule has 0 aliphatic carbocycles. The van der Waals surface area contributed by atoms with Crippen LogP contribution in [0, 0.1) is 0 Å². The average molecular weight is 424 g/mol. The average Bonchev–Trinajstić information content (AvgIpc) is 3.15. The second-order valence-electron chi connectivity index (χ2n) is 6.95. The largest absolute Gasteiger partial charge is 1.00 e. The summed E-state index contributed by atoms with van der Waals surface area (Å²) in [5, 5.41) is 9.02. The molecule has 2 bridgehead atoms. The van der Waals surface area contributed by atoms with E-state index in [2.05, 4.69) is 19.5 Å². The van der Waals surface area contributed by atoms with E-state index in [1.165, 1.54) is 4.90 Å². The summed E-state index contributed by atoms with van der Waals surface area (Å²) < 4.78 is 43.9. The Bertz CT molecular complexity index is 800. The molecule has 3 fully saturated rings. The summed E-state index contributed by atoms with van der Waals surface area (Å²) >= 11 is 0. The van der Waals surface area contributed by atoms with Gasteiger partial charge in [0, 0.05) is 32.4 Å². The maximum Gasteiger partial charge on any atom is 1.00 e. The van der Waals surface area contributed by atoms with E-state index in [-0.39, 0.29) is 35.6 Å². The van der Waals surface area contributed by atoms with Gasteiger partial charge in [0.15, 0.2) is 0 Å². The van der Waals surface area contributed by atoms with Crippen LogP contribution in [0.25, 0.3) is 0 Å². The second-order valence-corrected chi connectivity index (χ2v) is 7.91. The molecular formula is C14H21N6NaO6S. The van der Waals surface area contributed by atoms with Crippen LogP contribution >= 0.6 is 0 Å². The van der Waals surface area contributed by atoms with Gasteiger partial charge in [-0.2, -0.15) is 9.35 Å². The number of urea groups is 1. The fourth-order valence-electron chi connectivity index (χ4n) is 3.80. The topological polar surface area (TPSA) is 133 Å². The van der Waals surface area contributed by atoms with Crippen molar-refractivity contribution in [2.24, 2.45) is 0 Å². The molecule has 4 heterocycles. The predicted octanol–water partition coefficient (Wildman–Crippen LogP) is -4.23. The number of carbonyl (C=O) groups excluding carboxylic acids is 1. The van der Waals surface area contributed by atoms with E-state index in [4.69, 9.17) is 4.74 Å². The summed E-state index contributed by atoms with van der Waals surface area (Å²) in [6.45, 7) is 4.62. The summed E-state index contributed by atoms with van der Waals surface area (Å²) in [6.07, 6.45) is 3.07. The first-order chi connectivity index (χ1) is 12.9. The zero-order chi connectivity index (χ0) is 19.0. The van der Waals surface area contributed by atoms with Crippen molar-refractivity contribution in [3.63, 3.8) is 0 Å². The van der Waals surface area contributed by atoms with Crippen molar-refractivity contribution in [3.8, 4) is 0 Å². The molecule has 28 heavy (non-hydrogen) atoms. The van der Waals surface area contributed by atoms with Gasteiger partial charge in [-0.1, -0.05) is 5.21 Å². The number of hydroxylamine groups is 2. The van der Waals surface area contributed by atoms with Crippen molar-refractivity contribution in [2.75, 3.05) is 32.8 Å². The van der Waals surface area contributed by atoms with Crippen LogP contribution in [-0.4, -0.2) is 93.8 Å². The summed E-state index contributed by atoms with van der Waals surface area (Å²) in [5.74, 6) is 0. The third kappa shape index (κ3) is 5.02. The number of nitrogens with zero attached hydrogens (tertiary/aromatic N) is 6. The van der Waals surface area contributed by atoms with Crippen molar-refractivity contribution in [1.82, 2.24) is 29.9 Å². The molecule has 0 radical (unpaired) electrons. The van der Waals surface area contributed by atoms with Crippen LogP contribution in [0.3, 0.4) is 0 Å². The molecule has 2 amide bonds. The van der Waals surface area contributed by atoms with E-state index >= 15 is 0 Å². The predicted molar refractivity (Wildman–Crippen MR) is 87.7 cm³/mol. The van der Waals surface area contributed by atoms with Gasteiger partial charge >= 0.3 is 35.6 Å². The van der Waals surface area contributed by atoms with Crippen LogP contribution < -0.4 is 29.6 Å². The Hall–Kier alpha value is -0.800. The zero-order valence-electron chi connectivity index (χ0n) is 15.6. The van der Waals surface area contributed by atoms with Gasteiger partial charge in [0.05, 0.1) is 37.5 Å². The van der Waals surface area contributed by atoms with Crippen LogP contribution in [0.2, 0.25) is 0 Å². The Balaban J connectivity index is 0.00000225. The molecule has 0 aromatic carbocycles. The van der Waals surface area contributed by atoms with E-state index in [1.54, 1.807) is 4.68 Å². The molecule has 0 spiro atoms. The molecule has 1 aromatic rings. The summed E-state index contributed by atoms with van der Waals surface area (Å²) in [6, 6.07) is -1.18. The Labute approximate surface area is 184 Å². The molecule has 4 rings (SSSR count). The van der Waals surface area contributed by atoms with Crippen LogP contribution in [0.15, 0.2) is 6.20 Å². The molecule has 150 valence electrons. The maximum absolute atomic E-state index is 12.4. The minimum absolute atomic E-state index is 0. The zero-order valence-corrected chi connectivity index (χ0v) is 18.5. The third-order valence-corrected chi connectivity index (χ3v) is 5.44. The molecule has 3 saturated heterocycles. The van der Waals surface area contributed by atoms with Gasteiger partial charge in [-0.3, -0.25) is 9.58 Å². The molecule has 0 N–H and O–H groups in total. The number of rotatable bonds is 6. The standard InChI is InChI=1S/C14H22N6O6S.Na/c21-14-19-10-13(20(14)26-27(22,23)24)2-1-12(19)9-18-8-11(15-16-18)7-17-3-5-25-6-4-17;/h8,12-13H,1-7,9-10H2,(H,22,23,24);/q;+1/p-1/t12-,13+;/m0./s1. The van der Waals surface area contributed by atoms with Gasteiger partial charge in [0.25, 0.3) is 0 Å². The van der Waals surface area contributed by atoms with Crippen LogP contribution in [-0.2, 0) is 32.5 Å². The number of piperidine rings is 1. The van der Waals surface area contributed by atoms with Gasteiger partial charge in [0.2, 0.25) is 10.4 Å². The molecule has 0 unspecified atom stereocenters. The van der Waals surface area contributed by atoms with Gasteiger partial charge in [-0.25, -0.2) is 13.2 Å². The maximum atomic E-state index is 12.4. The number of hydrogen-bond acceptors (Lipinski definition) is 9. The minimum Gasteiger partial charge on any atom is -0.724 e. The first kappa shape index (κ1) is 21.9. The number of aromatic nitrogens is 3. The Morgan fingerprint density at radius 2 is 2.04 bits per heavy atom. The molecule has 14 heteroatoms. The Morgan fingerprint density at radius 1 is 1.29 bits per heavy atom. The van der Waals surface area contributed by atoms with Gasteiger partial charge in [-0.05, 0) is 12.8 Å². The number of ether oxygens (including phenoxy) is 1. The fourth-order valence-corrected chi connectivity index (χ4v) is 4.18. The summed E-state index contributed by atoms with van der Waals surface area (Å²) in [7, 11) is -4.98. The van der Waals surface area contributed by atoms with E-state index in [1.807, 2.05) is 6.20 Å². The summed E-state index contributed by atoms with van der Waals surface area (Å²) in [4.78, 5) is 16.2. The molecule has 2 atom stereocenters. The monoisotopic (exact) mass is 424 g/mol. The minimum atomic E-state index is -4.98. The molecule has 1 aromatic heterocycles. The molecule has 3 aliphatic rings. The number of fused-ring (bicyclic) bond motifs is 2. The molecule has 3 aliphatic heterocycles. The van der Waals surface area contributed by atoms with Crippen molar-refractivity contribution >= 4 is 16.4 Å². The molecule has 12 nitrogen and oxygen atoms in total. The smallest absolute Gasteiger partial charge is 0.724 e. The van der Waals surface area contributed by atoms with E-state index in [9.17, 15) is 17.8 Å². The SMILES string of the molecule is O=C1N2C[C@@H](CC[C@H]2Cn2cc(CN3CCOCC3)nn2)N1OS(=O)(=O)[O-].[Na+]. The van der Waals surface area contributed by atoms with Crippen molar-refractivity contribution in [3.05, 3.63) is 11.9 Å². The molecular weight excluding hydrogens is 403 g/mol. The fraction of sp³-hybridized carbons (Fsp3) is 0.786. The number of amides is 2. The van der Waals surface area contributed by atoms with Crippen LogP contribution in [0.5, 0.6) is 0 Å². The second kappa shape index (κ2) is 8.92. The van der Waals surface area contributed by atoms with E-state index < -0.39 is 22.5 Å². The number of hydrogen-bond donors (Lipinski definition) is 0. The number of carbonyl (C=O) groups is 1. The quantitative estimate of drug-likeness (QED) is 0.253. The Kier molecular flexibility index (Phi) is 6.97. The van der Waals surface area contributed by atoms with Crippen LogP contribution in [0.1, 0.15) is 18.5 Å². The summed E-state index contributed by atoms with van der Waals surface area (Å²) in [5.41, 5.74) is 0.848. The van der Waals surface area contributed by atoms with Crippen molar-refractivity contribution < 1.29 is 56.3 Å². The van der Waals surface area contributed by atoms with Gasteiger partial charge < -0.3 is 14.2 Å². The molecule has 0 saturated carbocycles. The van der Waals surface area contributed by atoms with E-state index in [0.717, 1.165) is 18.8 Å². The normalized spacial score (nSPS) is 25.8. The first-order valence-corrected chi connectivity index (χ1v) is 10.2. The van der Waals surface area contributed by atoms with Gasteiger partial charge in [-0.15, -0.1) is 5.10 Å². The third-order valence-electron chi connectivity index (χ3n) is 5.09. The number of morpholine rings is 1. The Morgan fingerprint density at radius 3 is 2.75 bits per heavy atom. The van der Waals surface area contributed by atoms with Crippen molar-refractivity contribution in [2.45, 2.75) is 38.0 Å². The van der Waals surface area contributed by atoms with Crippen LogP contribution in [0.4, 0.5) is 4.79 Å². The van der Waals surface area contributed by atoms with E-state index in [0.29, 0.717) is 50.8 Å². The van der Waals surface area contributed by atoms with Gasteiger partial charge in [0.1, 0.15) is 0 Å².